The van der Waals surface area contributed by atoms with Crippen LogP contribution in [0.1, 0.15) is 30.3 Å². The van der Waals surface area contributed by atoms with Crippen molar-refractivity contribution in [3.63, 3.8) is 0 Å². The van der Waals surface area contributed by atoms with Gasteiger partial charge in [0.15, 0.2) is 0 Å². The van der Waals surface area contributed by atoms with Crippen LogP contribution < -0.4 is 5.32 Å². The predicted molar refractivity (Wildman–Crippen MR) is 63.3 cm³/mol. The van der Waals surface area contributed by atoms with Gasteiger partial charge in [-0.3, -0.25) is 0 Å². The van der Waals surface area contributed by atoms with Crippen LogP contribution in [0.2, 0.25) is 0 Å². The molecular formula is C12H16N2O3. The number of hydrogen-bond acceptors (Lipinski definition) is 4. The monoisotopic (exact) mass is 236 g/mol. The fraction of sp³-hybridized carbons (Fsp3) is 0.500. The molecule has 0 atom stereocenters. The third-order valence-corrected chi connectivity index (χ3v) is 3.03. The molecule has 5 heteroatoms. The predicted octanol–water partition coefficient (Wildman–Crippen LogP) is 1.76. The molecular weight excluding hydrogens is 220 g/mol. The molecule has 1 aromatic rings. The number of ether oxygens (including phenoxy) is 1. The lowest BCUT2D eigenvalue weighted by molar-refractivity contribution is 0.0658. The molecule has 1 aliphatic heterocycles. The summed E-state index contributed by atoms with van der Waals surface area (Å²) in [6.07, 6.45) is 3.44. The Balaban J connectivity index is 2.05. The van der Waals surface area contributed by atoms with E-state index in [4.69, 9.17) is 9.84 Å². The number of carboxylic acid groups (broad SMARTS) is 1. The molecule has 1 aromatic heterocycles. The van der Waals surface area contributed by atoms with Crippen molar-refractivity contribution in [2.24, 2.45) is 0 Å². The van der Waals surface area contributed by atoms with Gasteiger partial charge in [-0.05, 0) is 31.9 Å². The van der Waals surface area contributed by atoms with Crippen LogP contribution in [0.3, 0.4) is 0 Å². The first-order valence-corrected chi connectivity index (χ1v) is 5.64. The molecule has 1 aliphatic rings. The Morgan fingerprint density at radius 3 is 2.71 bits per heavy atom. The number of anilines is 1. The fourth-order valence-electron chi connectivity index (χ4n) is 1.89. The molecule has 0 amide bonds. The Bertz CT molecular complexity index is 397. The number of aromatic carboxylic acids is 1. The Morgan fingerprint density at radius 1 is 1.47 bits per heavy atom. The van der Waals surface area contributed by atoms with E-state index in [0.717, 1.165) is 31.7 Å². The first-order chi connectivity index (χ1) is 8.09. The van der Waals surface area contributed by atoms with Crippen molar-refractivity contribution < 1.29 is 14.6 Å². The van der Waals surface area contributed by atoms with E-state index >= 15 is 0 Å². The molecule has 0 bridgehead atoms. The highest BCUT2D eigenvalue weighted by Crippen LogP contribution is 2.24. The smallest absolute Gasteiger partial charge is 0.354 e. The van der Waals surface area contributed by atoms with Crippen molar-refractivity contribution in [2.45, 2.75) is 25.3 Å². The number of nitrogens with zero attached hydrogens (tertiary/aromatic N) is 1. The summed E-state index contributed by atoms with van der Waals surface area (Å²) in [6.45, 7) is 3.65. The van der Waals surface area contributed by atoms with Crippen LogP contribution >= 0.6 is 0 Å². The molecule has 0 unspecified atom stereocenters. The van der Waals surface area contributed by atoms with Crippen molar-refractivity contribution >= 4 is 11.7 Å². The van der Waals surface area contributed by atoms with Gasteiger partial charge in [0, 0.05) is 18.8 Å². The van der Waals surface area contributed by atoms with Gasteiger partial charge in [0.1, 0.15) is 5.69 Å². The van der Waals surface area contributed by atoms with Gasteiger partial charge in [0.2, 0.25) is 0 Å². The maximum atomic E-state index is 10.7. The minimum absolute atomic E-state index is 0.00463. The summed E-state index contributed by atoms with van der Waals surface area (Å²) in [5.41, 5.74) is 0.914. The first-order valence-electron chi connectivity index (χ1n) is 5.64. The zero-order chi connectivity index (χ0) is 12.3. The van der Waals surface area contributed by atoms with Crippen LogP contribution in [0.5, 0.6) is 0 Å². The second-order valence-corrected chi connectivity index (χ2v) is 4.54. The zero-order valence-corrected chi connectivity index (χ0v) is 9.77. The molecule has 0 spiro atoms. The highest BCUT2D eigenvalue weighted by Gasteiger charge is 2.26. The number of carboxylic acids is 1. The lowest BCUT2D eigenvalue weighted by atomic mass is 9.92. The molecule has 0 aromatic carbocycles. The largest absolute Gasteiger partial charge is 0.477 e. The van der Waals surface area contributed by atoms with Crippen molar-refractivity contribution in [3.8, 4) is 0 Å². The Morgan fingerprint density at radius 2 is 2.18 bits per heavy atom. The molecule has 1 fully saturated rings. The molecule has 1 saturated heterocycles. The van der Waals surface area contributed by atoms with Crippen LogP contribution in [0.4, 0.5) is 5.69 Å². The third-order valence-electron chi connectivity index (χ3n) is 3.03. The molecule has 2 N–H and O–H groups in total. The van der Waals surface area contributed by atoms with E-state index < -0.39 is 5.97 Å². The van der Waals surface area contributed by atoms with Crippen molar-refractivity contribution in [3.05, 3.63) is 24.0 Å². The summed E-state index contributed by atoms with van der Waals surface area (Å²) in [4.78, 5) is 14.5. The van der Waals surface area contributed by atoms with Crippen LogP contribution in [-0.2, 0) is 4.74 Å². The summed E-state index contributed by atoms with van der Waals surface area (Å²) < 4.78 is 5.32. The van der Waals surface area contributed by atoms with Crippen molar-refractivity contribution in [2.75, 3.05) is 18.5 Å². The average molecular weight is 236 g/mol. The van der Waals surface area contributed by atoms with E-state index in [-0.39, 0.29) is 11.2 Å². The van der Waals surface area contributed by atoms with E-state index in [1.54, 1.807) is 12.3 Å². The number of hydrogen-bond donors (Lipinski definition) is 2. The fourth-order valence-corrected chi connectivity index (χ4v) is 1.89. The zero-order valence-electron chi connectivity index (χ0n) is 9.77. The Hall–Kier alpha value is -1.62. The number of carbonyl (C=O) groups is 1. The Kier molecular flexibility index (Phi) is 3.28. The van der Waals surface area contributed by atoms with Crippen LogP contribution in [-0.4, -0.2) is 34.8 Å². The summed E-state index contributed by atoms with van der Waals surface area (Å²) >= 11 is 0. The van der Waals surface area contributed by atoms with Gasteiger partial charge < -0.3 is 15.2 Å². The maximum Gasteiger partial charge on any atom is 0.354 e. The van der Waals surface area contributed by atoms with E-state index in [1.165, 1.54) is 6.07 Å². The topological polar surface area (TPSA) is 71.5 Å². The molecule has 92 valence electrons. The van der Waals surface area contributed by atoms with Gasteiger partial charge in [-0.2, -0.15) is 0 Å². The number of aromatic nitrogens is 1. The minimum Gasteiger partial charge on any atom is -0.477 e. The average Bonchev–Trinajstić information content (AvgIpc) is 2.30. The van der Waals surface area contributed by atoms with Crippen LogP contribution in [0.25, 0.3) is 0 Å². The van der Waals surface area contributed by atoms with Gasteiger partial charge in [0.25, 0.3) is 0 Å². The molecule has 0 radical (unpaired) electrons. The minimum atomic E-state index is -1.01. The van der Waals surface area contributed by atoms with Gasteiger partial charge in [-0.1, -0.05) is 0 Å². The summed E-state index contributed by atoms with van der Waals surface area (Å²) in [7, 11) is 0. The van der Waals surface area contributed by atoms with Gasteiger partial charge in [0.05, 0.1) is 11.9 Å². The molecule has 17 heavy (non-hydrogen) atoms. The molecule has 2 rings (SSSR count). The lowest BCUT2D eigenvalue weighted by Gasteiger charge is -2.35. The second-order valence-electron chi connectivity index (χ2n) is 4.54. The SMILES string of the molecule is CC1(Nc2ccc(C(=O)O)nc2)CCOCC1. The van der Waals surface area contributed by atoms with Gasteiger partial charge in [-0.25, -0.2) is 9.78 Å². The summed E-state index contributed by atoms with van der Waals surface area (Å²) in [5.74, 6) is -1.01. The van der Waals surface area contributed by atoms with E-state index in [1.807, 2.05) is 0 Å². The number of rotatable bonds is 3. The van der Waals surface area contributed by atoms with Crippen molar-refractivity contribution in [1.29, 1.82) is 0 Å². The Labute approximate surface area is 99.8 Å². The number of pyridine rings is 1. The first kappa shape index (κ1) is 11.9. The summed E-state index contributed by atoms with van der Waals surface area (Å²) in [5, 5.41) is 12.1. The van der Waals surface area contributed by atoms with E-state index in [2.05, 4.69) is 17.2 Å². The lowest BCUT2D eigenvalue weighted by Crippen LogP contribution is -2.40. The standard InChI is InChI=1S/C12H16N2O3/c1-12(4-6-17-7-5-12)14-9-2-3-10(11(15)16)13-8-9/h2-3,8,14H,4-7H2,1H3,(H,15,16). The van der Waals surface area contributed by atoms with E-state index in [9.17, 15) is 4.79 Å². The third kappa shape index (κ3) is 2.94. The van der Waals surface area contributed by atoms with Crippen LogP contribution in [0.15, 0.2) is 18.3 Å². The molecule has 2 heterocycles. The van der Waals surface area contributed by atoms with Gasteiger partial charge in [-0.15, -0.1) is 0 Å². The van der Waals surface area contributed by atoms with Gasteiger partial charge >= 0.3 is 5.97 Å². The number of nitrogens with one attached hydrogen (secondary N) is 1. The molecule has 5 nitrogen and oxygen atoms in total. The normalized spacial score (nSPS) is 18.6. The van der Waals surface area contributed by atoms with Crippen LogP contribution in [0, 0.1) is 0 Å². The highest BCUT2D eigenvalue weighted by molar-refractivity contribution is 5.85. The van der Waals surface area contributed by atoms with Crippen molar-refractivity contribution in [1.82, 2.24) is 4.98 Å². The second kappa shape index (κ2) is 4.71. The quantitative estimate of drug-likeness (QED) is 0.836. The molecule has 0 saturated carbocycles. The summed E-state index contributed by atoms with van der Waals surface area (Å²) in [6, 6.07) is 3.25. The maximum absolute atomic E-state index is 10.7. The highest BCUT2D eigenvalue weighted by atomic mass is 16.5. The molecule has 0 aliphatic carbocycles. The van der Waals surface area contributed by atoms with E-state index in [0.29, 0.717) is 0 Å².